The predicted octanol–water partition coefficient (Wildman–Crippen LogP) is 3.16. The number of nitrogens with zero attached hydrogens (tertiary/aromatic N) is 4. The van der Waals surface area contributed by atoms with E-state index in [9.17, 15) is 5.11 Å². The average molecular weight is 346 g/mol. The molecule has 1 N–H and O–H groups in total. The largest absolute Gasteiger partial charge is 0.497 e. The maximum atomic E-state index is 9.29. The molecule has 0 amide bonds. The molecule has 0 aliphatic heterocycles. The summed E-state index contributed by atoms with van der Waals surface area (Å²) in [4.78, 5) is 8.89. The zero-order valence-corrected chi connectivity index (χ0v) is 14.3. The normalized spacial score (nSPS) is 11.0. The van der Waals surface area contributed by atoms with Gasteiger partial charge in [0, 0.05) is 28.8 Å². The second kappa shape index (κ2) is 6.93. The lowest BCUT2D eigenvalue weighted by atomic mass is 10.0. The lowest BCUT2D eigenvalue weighted by Gasteiger charge is -2.07. The van der Waals surface area contributed by atoms with Gasteiger partial charge in [-0.15, -0.1) is 0 Å². The van der Waals surface area contributed by atoms with Crippen molar-refractivity contribution in [2.24, 2.45) is 0 Å². The Bertz CT molecular complexity index is 1040. The third kappa shape index (κ3) is 2.91. The van der Waals surface area contributed by atoms with Gasteiger partial charge in [-0.25, -0.2) is 9.97 Å². The van der Waals surface area contributed by atoms with Crippen molar-refractivity contribution in [2.45, 2.75) is 6.54 Å². The molecule has 2 aromatic carbocycles. The first-order valence-electron chi connectivity index (χ1n) is 8.33. The van der Waals surface area contributed by atoms with E-state index in [2.05, 4.69) is 15.1 Å². The van der Waals surface area contributed by atoms with E-state index in [1.807, 2.05) is 54.7 Å². The summed E-state index contributed by atoms with van der Waals surface area (Å²) in [7, 11) is 1.63. The second-order valence-corrected chi connectivity index (χ2v) is 5.85. The van der Waals surface area contributed by atoms with Crippen LogP contribution < -0.4 is 4.74 Å². The van der Waals surface area contributed by atoms with Gasteiger partial charge in [0.25, 0.3) is 0 Å². The zero-order valence-electron chi connectivity index (χ0n) is 14.3. The van der Waals surface area contributed by atoms with E-state index in [0.29, 0.717) is 6.54 Å². The highest BCUT2D eigenvalue weighted by molar-refractivity contribution is 5.96. The van der Waals surface area contributed by atoms with Gasteiger partial charge in [-0.3, -0.25) is 4.68 Å². The van der Waals surface area contributed by atoms with Crippen LogP contribution >= 0.6 is 0 Å². The van der Waals surface area contributed by atoms with E-state index in [1.54, 1.807) is 18.1 Å². The molecule has 6 nitrogen and oxygen atoms in total. The Kier molecular flexibility index (Phi) is 4.33. The van der Waals surface area contributed by atoms with E-state index in [0.717, 1.165) is 39.2 Å². The lowest BCUT2D eigenvalue weighted by molar-refractivity contribution is 0.269. The summed E-state index contributed by atoms with van der Waals surface area (Å²) >= 11 is 0. The molecule has 0 unspecified atom stereocenters. The number of aliphatic hydroxyl groups excluding tert-OH is 1. The molecular formula is C20H18N4O2. The SMILES string of the molecule is COc1ccc2c(-c3cn(CCO)nc3-c3ccccc3)ncnc2c1. The predicted molar refractivity (Wildman–Crippen MR) is 99.8 cm³/mol. The number of hydrogen-bond donors (Lipinski definition) is 1. The number of aliphatic hydroxyl groups is 1. The second-order valence-electron chi connectivity index (χ2n) is 5.85. The van der Waals surface area contributed by atoms with E-state index < -0.39 is 0 Å². The van der Waals surface area contributed by atoms with Crippen LogP contribution in [0.1, 0.15) is 0 Å². The molecule has 0 bridgehead atoms. The van der Waals surface area contributed by atoms with Crippen molar-refractivity contribution in [3.05, 3.63) is 61.1 Å². The summed E-state index contributed by atoms with van der Waals surface area (Å²) in [5, 5.41) is 14.9. The Balaban J connectivity index is 1.94. The lowest BCUT2D eigenvalue weighted by Crippen LogP contribution is -2.02. The van der Waals surface area contributed by atoms with Crippen LogP contribution in [0.5, 0.6) is 5.75 Å². The standard InChI is InChI=1S/C20H18N4O2/c1-26-15-7-8-16-18(11-15)21-13-22-20(16)17-12-24(9-10-25)23-19(17)14-5-3-2-4-6-14/h2-8,11-13,25H,9-10H2,1H3. The van der Waals surface area contributed by atoms with E-state index >= 15 is 0 Å². The van der Waals surface area contributed by atoms with Gasteiger partial charge >= 0.3 is 0 Å². The van der Waals surface area contributed by atoms with E-state index in [4.69, 9.17) is 4.74 Å². The molecule has 0 radical (unpaired) electrons. The molecule has 4 aromatic rings. The zero-order chi connectivity index (χ0) is 17.9. The Morgan fingerprint density at radius 2 is 1.88 bits per heavy atom. The van der Waals surface area contributed by atoms with Crippen LogP contribution in [0.2, 0.25) is 0 Å². The van der Waals surface area contributed by atoms with Crippen LogP contribution in [0.3, 0.4) is 0 Å². The van der Waals surface area contributed by atoms with Gasteiger partial charge in [-0.1, -0.05) is 30.3 Å². The van der Waals surface area contributed by atoms with Crippen molar-refractivity contribution in [2.75, 3.05) is 13.7 Å². The van der Waals surface area contributed by atoms with Crippen molar-refractivity contribution < 1.29 is 9.84 Å². The van der Waals surface area contributed by atoms with Gasteiger partial charge in [0.15, 0.2) is 0 Å². The van der Waals surface area contributed by atoms with E-state index in [1.165, 1.54) is 0 Å². The average Bonchev–Trinajstić information content (AvgIpc) is 3.11. The number of fused-ring (bicyclic) bond motifs is 1. The molecule has 0 atom stereocenters. The van der Waals surface area contributed by atoms with Crippen molar-refractivity contribution in [1.29, 1.82) is 0 Å². The van der Waals surface area contributed by atoms with Crippen molar-refractivity contribution in [3.8, 4) is 28.3 Å². The number of methoxy groups -OCH3 is 1. The number of benzene rings is 2. The van der Waals surface area contributed by atoms with Crippen LogP contribution in [0, 0.1) is 0 Å². The number of aromatic nitrogens is 4. The fourth-order valence-electron chi connectivity index (χ4n) is 3.00. The molecule has 0 spiro atoms. The van der Waals surface area contributed by atoms with Gasteiger partial charge in [0.2, 0.25) is 0 Å². The quantitative estimate of drug-likeness (QED) is 0.601. The number of rotatable bonds is 5. The fraction of sp³-hybridized carbons (Fsp3) is 0.150. The molecule has 4 rings (SSSR count). The first-order chi connectivity index (χ1) is 12.8. The molecular weight excluding hydrogens is 328 g/mol. The Morgan fingerprint density at radius 3 is 2.65 bits per heavy atom. The molecule has 26 heavy (non-hydrogen) atoms. The Morgan fingerprint density at radius 1 is 1.04 bits per heavy atom. The number of ether oxygens (including phenoxy) is 1. The van der Waals surface area contributed by atoms with Gasteiger partial charge < -0.3 is 9.84 Å². The molecule has 0 fully saturated rings. The molecule has 6 heteroatoms. The Hall–Kier alpha value is -3.25. The Labute approximate surface area is 150 Å². The molecule has 0 saturated carbocycles. The summed E-state index contributed by atoms with van der Waals surface area (Å²) < 4.78 is 7.04. The molecule has 0 aliphatic rings. The first kappa shape index (κ1) is 16.2. The molecule has 130 valence electrons. The van der Waals surface area contributed by atoms with Crippen molar-refractivity contribution >= 4 is 10.9 Å². The minimum Gasteiger partial charge on any atom is -0.497 e. The molecule has 2 heterocycles. The topological polar surface area (TPSA) is 73.1 Å². The van der Waals surface area contributed by atoms with Gasteiger partial charge in [-0.2, -0.15) is 5.10 Å². The molecule has 0 aliphatic carbocycles. The highest BCUT2D eigenvalue weighted by atomic mass is 16.5. The molecule has 2 aromatic heterocycles. The number of hydrogen-bond acceptors (Lipinski definition) is 5. The fourth-order valence-corrected chi connectivity index (χ4v) is 3.00. The highest BCUT2D eigenvalue weighted by Crippen LogP contribution is 2.34. The summed E-state index contributed by atoms with van der Waals surface area (Å²) in [5.41, 5.74) is 4.35. The minimum atomic E-state index is 0.0249. The van der Waals surface area contributed by atoms with Crippen LogP contribution in [0.15, 0.2) is 61.1 Å². The van der Waals surface area contributed by atoms with Crippen LogP contribution in [-0.2, 0) is 6.54 Å². The summed E-state index contributed by atoms with van der Waals surface area (Å²) in [6.07, 6.45) is 3.47. The molecule has 0 saturated heterocycles. The van der Waals surface area contributed by atoms with Gasteiger partial charge in [0.1, 0.15) is 17.8 Å². The maximum Gasteiger partial charge on any atom is 0.121 e. The summed E-state index contributed by atoms with van der Waals surface area (Å²) in [5.74, 6) is 0.751. The van der Waals surface area contributed by atoms with Gasteiger partial charge in [0.05, 0.1) is 31.5 Å². The summed E-state index contributed by atoms with van der Waals surface area (Å²) in [6, 6.07) is 15.7. The van der Waals surface area contributed by atoms with Crippen LogP contribution in [0.4, 0.5) is 0 Å². The summed E-state index contributed by atoms with van der Waals surface area (Å²) in [6.45, 7) is 0.452. The van der Waals surface area contributed by atoms with Crippen molar-refractivity contribution in [3.63, 3.8) is 0 Å². The van der Waals surface area contributed by atoms with Crippen LogP contribution in [0.25, 0.3) is 33.4 Å². The van der Waals surface area contributed by atoms with Crippen molar-refractivity contribution in [1.82, 2.24) is 19.7 Å². The third-order valence-corrected chi connectivity index (χ3v) is 4.24. The highest BCUT2D eigenvalue weighted by Gasteiger charge is 2.17. The monoisotopic (exact) mass is 346 g/mol. The first-order valence-corrected chi connectivity index (χ1v) is 8.33. The van der Waals surface area contributed by atoms with E-state index in [-0.39, 0.29) is 6.61 Å². The minimum absolute atomic E-state index is 0.0249. The van der Waals surface area contributed by atoms with Gasteiger partial charge in [-0.05, 0) is 12.1 Å². The third-order valence-electron chi connectivity index (χ3n) is 4.24. The maximum absolute atomic E-state index is 9.29. The van der Waals surface area contributed by atoms with Crippen LogP contribution in [-0.4, -0.2) is 38.6 Å². The smallest absolute Gasteiger partial charge is 0.121 e.